The summed E-state index contributed by atoms with van der Waals surface area (Å²) >= 11 is 0. The maximum Gasteiger partial charge on any atom is 0.307 e. The first-order valence-electron chi connectivity index (χ1n) is 2.77. The highest BCUT2D eigenvalue weighted by atomic mass is 16.4. The number of nitrogens with two attached hydrogens (primary N) is 1. The van der Waals surface area contributed by atoms with Crippen LogP contribution < -0.4 is 5.73 Å². The topological polar surface area (TPSA) is 63.3 Å². The van der Waals surface area contributed by atoms with Gasteiger partial charge in [-0.05, 0) is 6.92 Å². The van der Waals surface area contributed by atoms with Gasteiger partial charge in [-0.15, -0.1) is 0 Å². The number of aliphatic carboxylic acids is 1. The first-order chi connectivity index (χ1) is 4.13. The Morgan fingerprint density at radius 3 is 2.78 bits per heavy atom. The third kappa shape index (κ3) is 7.17. The van der Waals surface area contributed by atoms with Gasteiger partial charge in [0, 0.05) is 6.04 Å². The van der Waals surface area contributed by atoms with Crippen LogP contribution >= 0.6 is 0 Å². The van der Waals surface area contributed by atoms with E-state index in [1.165, 1.54) is 0 Å². The lowest BCUT2D eigenvalue weighted by molar-refractivity contribution is -0.136. The monoisotopic (exact) mass is 129 g/mol. The minimum Gasteiger partial charge on any atom is -0.481 e. The second-order valence-electron chi connectivity index (χ2n) is 1.89. The van der Waals surface area contributed by atoms with Crippen molar-refractivity contribution < 1.29 is 9.90 Å². The molecule has 0 aromatic heterocycles. The summed E-state index contributed by atoms with van der Waals surface area (Å²) in [5.74, 6) is -0.827. The molecule has 0 saturated heterocycles. The fraction of sp³-hybridized carbons (Fsp3) is 0.500. The predicted molar refractivity (Wildman–Crippen MR) is 35.0 cm³/mol. The summed E-state index contributed by atoms with van der Waals surface area (Å²) in [7, 11) is 0. The minimum atomic E-state index is -0.827. The van der Waals surface area contributed by atoms with Crippen LogP contribution in [0.2, 0.25) is 0 Å². The molecule has 0 aromatic rings. The van der Waals surface area contributed by atoms with E-state index in [1.54, 1.807) is 19.1 Å². The standard InChI is InChI=1S/C6H11NO2/c1-5(7)3-2-4-6(8)9/h2-3,5H,4,7H2,1H3,(H,8,9)/b3-2-/t5-/m0/s1. The van der Waals surface area contributed by atoms with Crippen LogP contribution in [0.4, 0.5) is 0 Å². The van der Waals surface area contributed by atoms with E-state index >= 15 is 0 Å². The lowest BCUT2D eigenvalue weighted by Gasteiger charge is -1.91. The minimum absolute atomic E-state index is 0.0515. The van der Waals surface area contributed by atoms with E-state index in [0.717, 1.165) is 0 Å². The summed E-state index contributed by atoms with van der Waals surface area (Å²) in [5.41, 5.74) is 5.30. The molecule has 0 radical (unpaired) electrons. The first-order valence-corrected chi connectivity index (χ1v) is 2.77. The molecule has 0 aliphatic heterocycles. The number of carbonyl (C=O) groups is 1. The molecule has 0 rings (SSSR count). The van der Waals surface area contributed by atoms with Crippen LogP contribution in [0.3, 0.4) is 0 Å². The van der Waals surface area contributed by atoms with Crippen molar-refractivity contribution >= 4 is 5.97 Å². The molecule has 9 heavy (non-hydrogen) atoms. The van der Waals surface area contributed by atoms with Gasteiger partial charge in [0.2, 0.25) is 0 Å². The van der Waals surface area contributed by atoms with Crippen molar-refractivity contribution in [2.75, 3.05) is 0 Å². The quantitative estimate of drug-likeness (QED) is 0.541. The summed E-state index contributed by atoms with van der Waals surface area (Å²) in [6.45, 7) is 1.79. The van der Waals surface area contributed by atoms with Gasteiger partial charge in [0.1, 0.15) is 0 Å². The average Bonchev–Trinajstić information content (AvgIpc) is 1.63. The number of hydrogen-bond acceptors (Lipinski definition) is 2. The van der Waals surface area contributed by atoms with Crippen molar-refractivity contribution in [3.63, 3.8) is 0 Å². The van der Waals surface area contributed by atoms with Crippen LogP contribution in [0.1, 0.15) is 13.3 Å². The van der Waals surface area contributed by atoms with E-state index in [-0.39, 0.29) is 12.5 Å². The number of hydrogen-bond donors (Lipinski definition) is 2. The summed E-state index contributed by atoms with van der Waals surface area (Å²) in [4.78, 5) is 9.89. The van der Waals surface area contributed by atoms with Gasteiger partial charge >= 0.3 is 5.97 Å². The highest BCUT2D eigenvalue weighted by Crippen LogP contribution is 1.84. The summed E-state index contributed by atoms with van der Waals surface area (Å²) < 4.78 is 0. The molecule has 1 atom stereocenters. The van der Waals surface area contributed by atoms with E-state index in [2.05, 4.69) is 0 Å². The summed E-state index contributed by atoms with van der Waals surface area (Å²) in [6.07, 6.45) is 3.27. The maximum atomic E-state index is 9.89. The van der Waals surface area contributed by atoms with Crippen LogP contribution in [-0.4, -0.2) is 17.1 Å². The lowest BCUT2D eigenvalue weighted by atomic mass is 10.3. The normalized spacial score (nSPS) is 14.0. The second-order valence-corrected chi connectivity index (χ2v) is 1.89. The van der Waals surface area contributed by atoms with Gasteiger partial charge in [0.05, 0.1) is 6.42 Å². The molecule has 0 bridgehead atoms. The zero-order chi connectivity index (χ0) is 7.28. The zero-order valence-corrected chi connectivity index (χ0v) is 5.37. The highest BCUT2D eigenvalue weighted by molar-refractivity contribution is 5.68. The van der Waals surface area contributed by atoms with Crippen molar-refractivity contribution in [2.24, 2.45) is 5.73 Å². The molecular weight excluding hydrogens is 118 g/mol. The molecule has 0 spiro atoms. The Morgan fingerprint density at radius 1 is 1.89 bits per heavy atom. The predicted octanol–water partition coefficient (Wildman–Crippen LogP) is 0.365. The SMILES string of the molecule is C[C@H](N)/C=C\CC(=O)O. The Bertz CT molecular complexity index is 118. The molecule has 0 saturated carbocycles. The molecule has 52 valence electrons. The van der Waals surface area contributed by atoms with E-state index in [4.69, 9.17) is 10.8 Å². The van der Waals surface area contributed by atoms with Gasteiger partial charge in [-0.1, -0.05) is 12.2 Å². The summed E-state index contributed by atoms with van der Waals surface area (Å²) in [5, 5.41) is 8.13. The van der Waals surface area contributed by atoms with E-state index in [9.17, 15) is 4.79 Å². The fourth-order valence-electron chi connectivity index (χ4n) is 0.384. The van der Waals surface area contributed by atoms with Gasteiger partial charge in [0.25, 0.3) is 0 Å². The molecule has 3 N–H and O–H groups in total. The van der Waals surface area contributed by atoms with Crippen LogP contribution in [-0.2, 0) is 4.79 Å². The van der Waals surface area contributed by atoms with Crippen LogP contribution in [0.15, 0.2) is 12.2 Å². The van der Waals surface area contributed by atoms with Gasteiger partial charge in [0.15, 0.2) is 0 Å². The van der Waals surface area contributed by atoms with Crippen molar-refractivity contribution in [3.05, 3.63) is 12.2 Å². The van der Waals surface area contributed by atoms with Crippen molar-refractivity contribution in [1.82, 2.24) is 0 Å². The fourth-order valence-corrected chi connectivity index (χ4v) is 0.384. The molecule has 0 fully saturated rings. The van der Waals surface area contributed by atoms with Gasteiger partial charge in [-0.25, -0.2) is 0 Å². The number of carboxylic acid groups (broad SMARTS) is 1. The van der Waals surface area contributed by atoms with Crippen molar-refractivity contribution in [2.45, 2.75) is 19.4 Å². The smallest absolute Gasteiger partial charge is 0.307 e. The molecule has 3 nitrogen and oxygen atoms in total. The zero-order valence-electron chi connectivity index (χ0n) is 5.37. The molecule has 0 aliphatic carbocycles. The lowest BCUT2D eigenvalue weighted by Crippen LogP contribution is -2.10. The summed E-state index contributed by atoms with van der Waals surface area (Å²) in [6, 6.07) is -0.0515. The Morgan fingerprint density at radius 2 is 2.44 bits per heavy atom. The van der Waals surface area contributed by atoms with E-state index < -0.39 is 5.97 Å². The Balaban J connectivity index is 3.36. The van der Waals surface area contributed by atoms with Crippen molar-refractivity contribution in [3.8, 4) is 0 Å². The largest absolute Gasteiger partial charge is 0.481 e. The molecule has 0 amide bonds. The molecule has 0 unspecified atom stereocenters. The number of carboxylic acids is 1. The number of rotatable bonds is 3. The Hall–Kier alpha value is -0.830. The van der Waals surface area contributed by atoms with E-state index in [1.807, 2.05) is 0 Å². The van der Waals surface area contributed by atoms with E-state index in [0.29, 0.717) is 0 Å². The Labute approximate surface area is 54.2 Å². The molecule has 0 aromatic carbocycles. The van der Waals surface area contributed by atoms with Gasteiger partial charge in [-0.3, -0.25) is 4.79 Å². The maximum absolute atomic E-state index is 9.89. The van der Waals surface area contributed by atoms with Crippen LogP contribution in [0.5, 0.6) is 0 Å². The van der Waals surface area contributed by atoms with Crippen LogP contribution in [0.25, 0.3) is 0 Å². The third-order valence-electron chi connectivity index (χ3n) is 0.732. The second kappa shape index (κ2) is 4.09. The molecule has 3 heteroatoms. The highest BCUT2D eigenvalue weighted by Gasteiger charge is 1.89. The third-order valence-corrected chi connectivity index (χ3v) is 0.732. The molecule has 0 aliphatic rings. The van der Waals surface area contributed by atoms with Gasteiger partial charge < -0.3 is 10.8 Å². The average molecular weight is 129 g/mol. The van der Waals surface area contributed by atoms with Gasteiger partial charge in [-0.2, -0.15) is 0 Å². The first kappa shape index (κ1) is 8.17. The molecular formula is C6H11NO2. The van der Waals surface area contributed by atoms with Crippen LogP contribution in [0, 0.1) is 0 Å². The molecule has 0 heterocycles. The van der Waals surface area contributed by atoms with Crippen molar-refractivity contribution in [1.29, 1.82) is 0 Å². The Kier molecular flexibility index (Phi) is 3.71.